The number of benzene rings is 4. The molecule has 1 N–H and O–H groups in total. The predicted octanol–water partition coefficient (Wildman–Crippen LogP) is 5.77. The monoisotopic (exact) mass is 649 g/mol. The molecule has 0 saturated carbocycles. The Morgan fingerprint density at radius 2 is 1.58 bits per heavy atom. The van der Waals surface area contributed by atoms with E-state index in [1.807, 2.05) is 67.6 Å². The van der Waals surface area contributed by atoms with Crippen LogP contribution in [0.3, 0.4) is 0 Å². The quantitative estimate of drug-likeness (QED) is 0.214. The highest BCUT2D eigenvalue weighted by Gasteiger charge is 2.33. The van der Waals surface area contributed by atoms with Crippen molar-refractivity contribution in [1.82, 2.24) is 9.47 Å². The Bertz CT molecular complexity index is 2160. The number of thiocarbonyl (C=S) groups is 1. The molecule has 4 aromatic carbocycles. The van der Waals surface area contributed by atoms with Crippen molar-refractivity contribution in [2.75, 3.05) is 11.4 Å². The molecule has 7 nitrogen and oxygen atoms in total. The molecular weight excluding hydrogens is 623 g/mol. The van der Waals surface area contributed by atoms with Crippen LogP contribution in [0.4, 0.5) is 11.4 Å². The third-order valence-corrected chi connectivity index (χ3v) is 9.93. The molecule has 0 atom stereocenters. The van der Waals surface area contributed by atoms with E-state index < -0.39 is 18.1 Å². The zero-order valence-electron chi connectivity index (χ0n) is 24.1. The van der Waals surface area contributed by atoms with Crippen LogP contribution >= 0.6 is 35.3 Å². The molecule has 10 heteroatoms. The van der Waals surface area contributed by atoms with Gasteiger partial charge >= 0.3 is 5.97 Å². The first-order chi connectivity index (χ1) is 21.8. The van der Waals surface area contributed by atoms with Gasteiger partial charge in [0, 0.05) is 24.1 Å². The van der Waals surface area contributed by atoms with Crippen molar-refractivity contribution in [3.05, 3.63) is 134 Å². The number of anilines is 2. The number of amides is 1. The number of hydrogen-bond acceptors (Lipinski definition) is 7. The molecule has 2 heterocycles. The molecule has 1 fully saturated rings. The summed E-state index contributed by atoms with van der Waals surface area (Å²) in [6, 6.07) is 32.4. The number of hydrogen-bond donors (Lipinski definition) is 1. The van der Waals surface area contributed by atoms with E-state index in [0.717, 1.165) is 60.9 Å². The Balaban J connectivity index is 1.40. The summed E-state index contributed by atoms with van der Waals surface area (Å²) < 4.78 is 2.18. The predicted molar refractivity (Wildman–Crippen MR) is 188 cm³/mol. The second-order valence-corrected chi connectivity index (χ2v) is 12.8. The molecule has 224 valence electrons. The lowest BCUT2D eigenvalue weighted by Crippen LogP contribution is -2.35. The fraction of sp³-hybridized carbons (Fsp3) is 0.0857. The van der Waals surface area contributed by atoms with Crippen LogP contribution in [0.15, 0.2) is 108 Å². The van der Waals surface area contributed by atoms with E-state index in [1.54, 1.807) is 6.08 Å². The first kappa shape index (κ1) is 30.3. The van der Waals surface area contributed by atoms with E-state index >= 15 is 0 Å². The Labute approximate surface area is 272 Å². The normalized spacial score (nSPS) is 15.0. The molecule has 1 aliphatic heterocycles. The summed E-state index contributed by atoms with van der Waals surface area (Å²) in [6.45, 7) is 1.66. The summed E-state index contributed by atoms with van der Waals surface area (Å²) in [4.78, 5) is 41.9. The second kappa shape index (κ2) is 13.1. The van der Waals surface area contributed by atoms with Gasteiger partial charge < -0.3 is 10.0 Å². The number of carbonyl (C=O) groups is 2. The van der Waals surface area contributed by atoms with Crippen molar-refractivity contribution in [3.63, 3.8) is 0 Å². The highest BCUT2D eigenvalue weighted by molar-refractivity contribution is 8.30. The molecular formula is C35H27N3O4S3. The Hall–Kier alpha value is -4.77. The van der Waals surface area contributed by atoms with Gasteiger partial charge in [0.25, 0.3) is 11.5 Å². The molecule has 1 aromatic heterocycles. The summed E-state index contributed by atoms with van der Waals surface area (Å²) in [5.41, 5.74) is 3.44. The van der Waals surface area contributed by atoms with Crippen LogP contribution in [0.2, 0.25) is 0 Å². The van der Waals surface area contributed by atoms with E-state index in [1.165, 1.54) is 4.90 Å². The van der Waals surface area contributed by atoms with Crippen LogP contribution < -0.4 is 19.7 Å². The number of para-hydroxylation sites is 1. The minimum Gasteiger partial charge on any atom is -0.480 e. The zero-order valence-corrected chi connectivity index (χ0v) is 26.6. The smallest absolute Gasteiger partial charge is 0.323 e. The van der Waals surface area contributed by atoms with Gasteiger partial charge in [-0.3, -0.25) is 23.9 Å². The van der Waals surface area contributed by atoms with Gasteiger partial charge in [-0.05, 0) is 71.3 Å². The van der Waals surface area contributed by atoms with Gasteiger partial charge in [-0.1, -0.05) is 90.7 Å². The van der Waals surface area contributed by atoms with Gasteiger partial charge in [0.1, 0.15) is 20.4 Å². The van der Waals surface area contributed by atoms with Crippen LogP contribution in [0, 0.1) is 0 Å². The van der Waals surface area contributed by atoms with Crippen LogP contribution in [-0.2, 0) is 16.1 Å². The first-order valence-electron chi connectivity index (χ1n) is 14.1. The van der Waals surface area contributed by atoms with E-state index in [4.69, 9.17) is 12.2 Å². The van der Waals surface area contributed by atoms with Gasteiger partial charge in [-0.2, -0.15) is 0 Å². The molecule has 1 saturated heterocycles. The topological polar surface area (TPSA) is 82.9 Å². The second-order valence-electron chi connectivity index (χ2n) is 10.2. The number of carboxylic acids is 1. The molecule has 0 spiro atoms. The van der Waals surface area contributed by atoms with Crippen molar-refractivity contribution < 1.29 is 14.7 Å². The lowest BCUT2D eigenvalue weighted by molar-refractivity contribution is -0.137. The highest BCUT2D eigenvalue weighted by Crippen LogP contribution is 2.32. The summed E-state index contributed by atoms with van der Waals surface area (Å²) in [7, 11) is 0. The highest BCUT2D eigenvalue weighted by atomic mass is 32.2. The number of fused-ring (bicyclic) bond motifs is 1. The zero-order chi connectivity index (χ0) is 31.5. The van der Waals surface area contributed by atoms with Crippen LogP contribution in [-0.4, -0.2) is 37.3 Å². The number of aliphatic carboxylic acids is 1. The van der Waals surface area contributed by atoms with E-state index in [0.29, 0.717) is 20.1 Å². The maximum Gasteiger partial charge on any atom is 0.323 e. The number of carboxylic acid groups (broad SMARTS) is 1. The number of carbonyl (C=O) groups excluding carboxylic acids is 1. The summed E-state index contributed by atoms with van der Waals surface area (Å²) >= 11 is 7.54. The molecule has 1 aliphatic rings. The van der Waals surface area contributed by atoms with Crippen molar-refractivity contribution in [2.45, 2.75) is 13.5 Å². The Kier molecular flexibility index (Phi) is 8.79. The number of nitrogens with zero attached hydrogens (tertiary/aromatic N) is 3. The number of rotatable bonds is 8. The number of thioether (sulfide) groups is 1. The molecule has 0 unspecified atom stereocenters. The SMILES string of the molecule is CCN1C(=O)/C(=c2\s/c(=C/c3ccc4cc(N(/C=C/c5ccccc5)c5ccccc5)ccc4c3)c(=O)n2CC(=O)O)SC1=S. The molecule has 45 heavy (non-hydrogen) atoms. The molecule has 0 bridgehead atoms. The minimum absolute atomic E-state index is 0.278. The lowest BCUT2D eigenvalue weighted by atomic mass is 10.1. The summed E-state index contributed by atoms with van der Waals surface area (Å²) in [6.07, 6.45) is 5.87. The molecule has 0 aliphatic carbocycles. The van der Waals surface area contributed by atoms with Crippen molar-refractivity contribution in [3.8, 4) is 0 Å². The Morgan fingerprint density at radius 3 is 2.27 bits per heavy atom. The summed E-state index contributed by atoms with van der Waals surface area (Å²) in [5.74, 6) is -1.48. The van der Waals surface area contributed by atoms with Gasteiger partial charge in [0.15, 0.2) is 0 Å². The molecule has 1 amide bonds. The third-order valence-electron chi connectivity index (χ3n) is 7.23. The fourth-order valence-electron chi connectivity index (χ4n) is 5.04. The van der Waals surface area contributed by atoms with Gasteiger partial charge in [-0.25, -0.2) is 0 Å². The molecule has 6 rings (SSSR count). The van der Waals surface area contributed by atoms with Gasteiger partial charge in [-0.15, -0.1) is 11.3 Å². The maximum atomic E-state index is 13.4. The van der Waals surface area contributed by atoms with E-state index in [2.05, 4.69) is 53.6 Å². The fourth-order valence-corrected chi connectivity index (χ4v) is 7.69. The Morgan fingerprint density at radius 1 is 0.889 bits per heavy atom. The lowest BCUT2D eigenvalue weighted by Gasteiger charge is -2.21. The van der Waals surface area contributed by atoms with Crippen LogP contribution in [0.25, 0.3) is 27.8 Å². The molecule has 5 aromatic rings. The number of thiazole rings is 1. The summed E-state index contributed by atoms with van der Waals surface area (Å²) in [5, 5.41) is 11.5. The average Bonchev–Trinajstić information content (AvgIpc) is 3.50. The van der Waals surface area contributed by atoms with Crippen molar-refractivity contribution in [2.24, 2.45) is 0 Å². The van der Waals surface area contributed by atoms with Crippen LogP contribution in [0.5, 0.6) is 0 Å². The van der Waals surface area contributed by atoms with Crippen molar-refractivity contribution in [1.29, 1.82) is 0 Å². The third kappa shape index (κ3) is 6.39. The first-order valence-corrected chi connectivity index (χ1v) is 16.2. The largest absolute Gasteiger partial charge is 0.480 e. The maximum absolute atomic E-state index is 13.4. The number of aromatic nitrogens is 1. The van der Waals surface area contributed by atoms with Crippen LogP contribution in [0.1, 0.15) is 18.1 Å². The molecule has 0 radical (unpaired) electrons. The minimum atomic E-state index is -1.17. The van der Waals surface area contributed by atoms with Gasteiger partial charge in [0.2, 0.25) is 0 Å². The average molecular weight is 650 g/mol. The van der Waals surface area contributed by atoms with E-state index in [-0.39, 0.29) is 10.8 Å². The van der Waals surface area contributed by atoms with E-state index in [9.17, 15) is 19.5 Å². The van der Waals surface area contributed by atoms with Gasteiger partial charge in [0.05, 0.1) is 4.53 Å². The van der Waals surface area contributed by atoms with Crippen molar-refractivity contribution >= 4 is 90.7 Å². The standard InChI is InChI=1S/C35H27N3O4S3/c1-2-36-33(42)31(45-35(36)43)34-38(22-30(39)40)32(41)29(44-34)20-24-13-14-26-21-28(16-15-25(26)19-24)37(27-11-7-4-8-12-27)18-17-23-9-5-3-6-10-23/h3-21H,2,22H2,1H3,(H,39,40)/b18-17+,29-20+,34-31+.